The van der Waals surface area contributed by atoms with E-state index in [1.165, 1.54) is 0 Å². The van der Waals surface area contributed by atoms with E-state index in [-0.39, 0.29) is 24.4 Å². The molecule has 0 spiro atoms. The van der Waals surface area contributed by atoms with Crippen LogP contribution in [0.5, 0.6) is 0 Å². The lowest BCUT2D eigenvalue weighted by Crippen LogP contribution is -2.43. The molecule has 1 aromatic heterocycles. The molecule has 1 unspecified atom stereocenters. The zero-order chi connectivity index (χ0) is 17.1. The number of halogens is 1. The topological polar surface area (TPSA) is 70.9 Å². The summed E-state index contributed by atoms with van der Waals surface area (Å²) in [4.78, 5) is 15.7. The van der Waals surface area contributed by atoms with Crippen LogP contribution in [-0.2, 0) is 11.2 Å². The molecule has 0 bridgehead atoms. The maximum atomic E-state index is 12.5. The molecule has 1 amide bonds. The molecule has 25 heavy (non-hydrogen) atoms. The third-order valence-corrected chi connectivity index (χ3v) is 4.47. The third-order valence-electron chi connectivity index (χ3n) is 4.47. The molecule has 3 rings (SSSR count). The van der Waals surface area contributed by atoms with Gasteiger partial charge in [0.2, 0.25) is 5.91 Å². The fraction of sp³-hybridized carbons (Fsp3) is 0.250. The Bertz CT molecular complexity index is 859. The number of aromatic amines is 1. The average molecular weight is 358 g/mol. The first-order valence-electron chi connectivity index (χ1n) is 8.22. The number of amides is 1. The molecule has 0 aliphatic rings. The molecule has 0 aliphatic carbocycles. The van der Waals surface area contributed by atoms with Crippen molar-refractivity contribution in [1.82, 2.24) is 10.3 Å². The molecular formula is C20H24ClN3O. The Morgan fingerprint density at radius 3 is 2.60 bits per heavy atom. The van der Waals surface area contributed by atoms with Crippen LogP contribution in [0.2, 0.25) is 0 Å². The molecule has 132 valence electrons. The van der Waals surface area contributed by atoms with Gasteiger partial charge in [0.15, 0.2) is 0 Å². The van der Waals surface area contributed by atoms with E-state index in [9.17, 15) is 4.79 Å². The van der Waals surface area contributed by atoms with E-state index in [0.29, 0.717) is 6.42 Å². The smallest absolute Gasteiger partial charge is 0.237 e. The van der Waals surface area contributed by atoms with Gasteiger partial charge in [0.05, 0.1) is 12.1 Å². The van der Waals surface area contributed by atoms with Crippen LogP contribution in [0.15, 0.2) is 54.7 Å². The lowest BCUT2D eigenvalue weighted by atomic mass is 10.0. The highest BCUT2D eigenvalue weighted by Gasteiger charge is 2.19. The van der Waals surface area contributed by atoms with Gasteiger partial charge in [-0.2, -0.15) is 0 Å². The molecule has 4 nitrogen and oxygen atoms in total. The number of aryl methyl sites for hydroxylation is 1. The number of rotatable bonds is 5. The minimum Gasteiger partial charge on any atom is -0.361 e. The molecule has 0 fully saturated rings. The number of nitrogens with one attached hydrogen (secondary N) is 2. The van der Waals surface area contributed by atoms with Crippen molar-refractivity contribution in [3.8, 4) is 0 Å². The van der Waals surface area contributed by atoms with E-state index >= 15 is 0 Å². The van der Waals surface area contributed by atoms with E-state index in [2.05, 4.69) is 10.3 Å². The van der Waals surface area contributed by atoms with Crippen LogP contribution < -0.4 is 11.1 Å². The Morgan fingerprint density at radius 1 is 1.16 bits per heavy atom. The number of carbonyl (C=O) groups excluding carboxylic acids is 1. The van der Waals surface area contributed by atoms with E-state index in [0.717, 1.165) is 27.6 Å². The molecule has 5 heteroatoms. The van der Waals surface area contributed by atoms with Gasteiger partial charge in [-0.3, -0.25) is 4.79 Å². The summed E-state index contributed by atoms with van der Waals surface area (Å²) in [7, 11) is 0. The Kier molecular flexibility index (Phi) is 6.23. The minimum absolute atomic E-state index is 0. The molecular weight excluding hydrogens is 334 g/mol. The number of aromatic nitrogens is 1. The second-order valence-corrected chi connectivity index (χ2v) is 6.26. The number of hydrogen-bond acceptors (Lipinski definition) is 2. The SMILES string of the molecule is Cc1ccccc1C(C)NC(=O)[C@@H](N)Cc1c[nH]c2ccccc12.Cl. The summed E-state index contributed by atoms with van der Waals surface area (Å²) in [5.41, 5.74) is 10.5. The number of fused-ring (bicyclic) bond motifs is 1. The summed E-state index contributed by atoms with van der Waals surface area (Å²) in [5.74, 6) is -0.129. The standard InChI is InChI=1S/C20H23N3O.ClH/c1-13-7-3-4-8-16(13)14(2)23-20(24)18(21)11-15-12-22-19-10-6-5-9-17(15)19;/h3-10,12,14,18,22H,11,21H2,1-2H3,(H,23,24);1H/t14?,18-;/m0./s1. The van der Waals surface area contributed by atoms with Crippen LogP contribution in [-0.4, -0.2) is 16.9 Å². The predicted molar refractivity (Wildman–Crippen MR) is 105 cm³/mol. The first-order valence-corrected chi connectivity index (χ1v) is 8.22. The van der Waals surface area contributed by atoms with Crippen molar-refractivity contribution in [2.75, 3.05) is 0 Å². The Balaban J connectivity index is 0.00000225. The number of para-hydroxylation sites is 1. The van der Waals surface area contributed by atoms with E-state index in [4.69, 9.17) is 5.73 Å². The van der Waals surface area contributed by atoms with Crippen molar-refractivity contribution in [3.05, 3.63) is 71.4 Å². The van der Waals surface area contributed by atoms with Crippen molar-refractivity contribution < 1.29 is 4.79 Å². The van der Waals surface area contributed by atoms with E-state index in [1.54, 1.807) is 0 Å². The molecule has 3 aromatic rings. The largest absolute Gasteiger partial charge is 0.361 e. The molecule has 0 radical (unpaired) electrons. The number of carbonyl (C=O) groups is 1. The number of hydrogen-bond donors (Lipinski definition) is 3. The second kappa shape index (κ2) is 8.19. The highest BCUT2D eigenvalue weighted by Crippen LogP contribution is 2.20. The van der Waals surface area contributed by atoms with Crippen molar-refractivity contribution in [3.63, 3.8) is 0 Å². The molecule has 0 saturated carbocycles. The second-order valence-electron chi connectivity index (χ2n) is 6.26. The maximum absolute atomic E-state index is 12.5. The van der Waals surface area contributed by atoms with Gasteiger partial charge in [-0.05, 0) is 43.0 Å². The van der Waals surface area contributed by atoms with Crippen LogP contribution in [0.4, 0.5) is 0 Å². The minimum atomic E-state index is -0.573. The monoisotopic (exact) mass is 357 g/mol. The summed E-state index contributed by atoms with van der Waals surface area (Å²) in [6.07, 6.45) is 2.44. The molecule has 2 atom stereocenters. The highest BCUT2D eigenvalue weighted by atomic mass is 35.5. The lowest BCUT2D eigenvalue weighted by Gasteiger charge is -2.19. The normalized spacial score (nSPS) is 13.1. The summed E-state index contributed by atoms with van der Waals surface area (Å²) in [6.45, 7) is 4.03. The van der Waals surface area contributed by atoms with E-state index in [1.807, 2.05) is 68.6 Å². The summed E-state index contributed by atoms with van der Waals surface area (Å²) in [5, 5.41) is 4.14. The third kappa shape index (κ3) is 4.21. The molecule has 2 aromatic carbocycles. The van der Waals surface area contributed by atoms with E-state index < -0.39 is 6.04 Å². The summed E-state index contributed by atoms with van der Waals surface area (Å²) >= 11 is 0. The van der Waals surface area contributed by atoms with Crippen LogP contribution in [0.25, 0.3) is 10.9 Å². The van der Waals surface area contributed by atoms with Gasteiger partial charge in [-0.1, -0.05) is 42.5 Å². The predicted octanol–water partition coefficient (Wildman–Crippen LogP) is 3.65. The molecule has 4 N–H and O–H groups in total. The fourth-order valence-electron chi connectivity index (χ4n) is 3.10. The number of benzene rings is 2. The zero-order valence-corrected chi connectivity index (χ0v) is 15.3. The summed E-state index contributed by atoms with van der Waals surface area (Å²) in [6, 6.07) is 15.5. The van der Waals surface area contributed by atoms with Crippen LogP contribution >= 0.6 is 12.4 Å². The first kappa shape index (κ1) is 19.0. The van der Waals surface area contributed by atoms with Crippen molar-refractivity contribution >= 4 is 29.2 Å². The van der Waals surface area contributed by atoms with Gasteiger partial charge in [0.25, 0.3) is 0 Å². The van der Waals surface area contributed by atoms with Gasteiger partial charge in [0.1, 0.15) is 0 Å². The van der Waals surface area contributed by atoms with Gasteiger partial charge < -0.3 is 16.0 Å². The maximum Gasteiger partial charge on any atom is 0.237 e. The fourth-order valence-corrected chi connectivity index (χ4v) is 3.10. The van der Waals surface area contributed by atoms with Crippen LogP contribution in [0, 0.1) is 6.92 Å². The van der Waals surface area contributed by atoms with Crippen molar-refractivity contribution in [1.29, 1.82) is 0 Å². The lowest BCUT2D eigenvalue weighted by molar-refractivity contribution is -0.123. The number of H-pyrrole nitrogens is 1. The Hall–Kier alpha value is -2.30. The summed E-state index contributed by atoms with van der Waals surface area (Å²) < 4.78 is 0. The molecule has 1 heterocycles. The van der Waals surface area contributed by atoms with Gasteiger partial charge in [0, 0.05) is 17.1 Å². The van der Waals surface area contributed by atoms with Gasteiger partial charge >= 0.3 is 0 Å². The molecule has 0 saturated heterocycles. The van der Waals surface area contributed by atoms with Crippen molar-refractivity contribution in [2.45, 2.75) is 32.4 Å². The van der Waals surface area contributed by atoms with Crippen molar-refractivity contribution in [2.24, 2.45) is 5.73 Å². The van der Waals surface area contributed by atoms with Crippen LogP contribution in [0.1, 0.15) is 29.7 Å². The molecule has 0 aliphatic heterocycles. The Morgan fingerprint density at radius 2 is 1.84 bits per heavy atom. The first-order chi connectivity index (χ1) is 11.6. The van der Waals surface area contributed by atoms with Gasteiger partial charge in [-0.15, -0.1) is 12.4 Å². The average Bonchev–Trinajstić information content (AvgIpc) is 2.98. The number of nitrogens with two attached hydrogens (primary N) is 1. The zero-order valence-electron chi connectivity index (χ0n) is 14.5. The Labute approximate surface area is 154 Å². The highest BCUT2D eigenvalue weighted by molar-refractivity contribution is 5.86. The van der Waals surface area contributed by atoms with Gasteiger partial charge in [-0.25, -0.2) is 0 Å². The quantitative estimate of drug-likeness (QED) is 0.652. The van der Waals surface area contributed by atoms with Crippen LogP contribution in [0.3, 0.4) is 0 Å².